The number of carbonyl (C=O) groups excluding carboxylic acids is 2. The summed E-state index contributed by atoms with van der Waals surface area (Å²) in [5.74, 6) is 4.22. The molecule has 17 atom stereocenters. The van der Waals surface area contributed by atoms with E-state index in [2.05, 4.69) is 132 Å². The highest BCUT2D eigenvalue weighted by atomic mass is 16.6. The van der Waals surface area contributed by atoms with E-state index in [0.29, 0.717) is 59.2 Å². The van der Waals surface area contributed by atoms with Gasteiger partial charge in [-0.2, -0.15) is 0 Å². The third kappa shape index (κ3) is 4.71. The molecular weight excluding hydrogens is 604 g/mol. The Balaban J connectivity index is 1.80. The second-order valence-corrected chi connectivity index (χ2v) is 21.3. The fourth-order valence-electron chi connectivity index (χ4n) is 14.8. The van der Waals surface area contributed by atoms with E-state index in [9.17, 15) is 4.79 Å². The molecule has 4 heteroatoms. The SMILES string of the molecule is CC1=C2OC(=O)C3(C)C(C(C)CC(C)C(C)C(C)C(C)C4(C)C(C)C(C)(C)C(C)CC14OC2=O)C(C)C(C)C1C(C)(C)C(C)CC(C)C13C. The average Bonchev–Trinajstić information content (AvgIpc) is 3.24. The van der Waals surface area contributed by atoms with Gasteiger partial charge in [0.15, 0.2) is 0 Å². The molecule has 0 saturated heterocycles. The molecule has 0 aromatic rings. The summed E-state index contributed by atoms with van der Waals surface area (Å²) >= 11 is 0. The van der Waals surface area contributed by atoms with Crippen LogP contribution in [0.4, 0.5) is 0 Å². The Morgan fingerprint density at radius 2 is 1.18 bits per heavy atom. The molecule has 5 rings (SSSR count). The van der Waals surface area contributed by atoms with Gasteiger partial charge < -0.3 is 9.47 Å². The highest BCUT2D eigenvalue weighted by Gasteiger charge is 2.73. The van der Waals surface area contributed by atoms with Gasteiger partial charge >= 0.3 is 11.9 Å². The molecule has 49 heavy (non-hydrogen) atoms. The Labute approximate surface area is 302 Å². The molecule has 0 N–H and O–H groups in total. The van der Waals surface area contributed by atoms with E-state index in [-0.39, 0.29) is 51.1 Å². The van der Waals surface area contributed by atoms with Crippen LogP contribution < -0.4 is 0 Å². The summed E-state index contributed by atoms with van der Waals surface area (Å²) in [5, 5.41) is 0. The Kier molecular flexibility index (Phi) is 9.40. The fourth-order valence-corrected chi connectivity index (χ4v) is 14.8. The summed E-state index contributed by atoms with van der Waals surface area (Å²) in [6, 6.07) is 0. The zero-order chi connectivity index (χ0) is 37.4. The van der Waals surface area contributed by atoms with E-state index < -0.39 is 17.0 Å². The van der Waals surface area contributed by atoms with Gasteiger partial charge in [0, 0.05) is 11.0 Å². The minimum atomic E-state index is -0.821. The van der Waals surface area contributed by atoms with Crippen LogP contribution in [0.1, 0.15) is 151 Å². The third-order valence-corrected chi connectivity index (χ3v) is 19.7. The monoisotopic (exact) mass is 681 g/mol. The maximum absolute atomic E-state index is 15.6. The van der Waals surface area contributed by atoms with Crippen molar-refractivity contribution in [1.29, 1.82) is 0 Å². The van der Waals surface area contributed by atoms with Gasteiger partial charge in [-0.05, 0) is 126 Å². The Morgan fingerprint density at radius 1 is 0.612 bits per heavy atom. The van der Waals surface area contributed by atoms with Crippen molar-refractivity contribution < 1.29 is 19.1 Å². The van der Waals surface area contributed by atoms with Crippen LogP contribution in [0.25, 0.3) is 0 Å². The first kappa shape index (κ1) is 38.9. The highest BCUT2D eigenvalue weighted by molar-refractivity contribution is 5.95. The average molecular weight is 681 g/mol. The van der Waals surface area contributed by atoms with Crippen LogP contribution in [0.2, 0.25) is 0 Å². The molecule has 1 spiro atoms. The van der Waals surface area contributed by atoms with Gasteiger partial charge in [-0.1, -0.05) is 118 Å². The van der Waals surface area contributed by atoms with Gasteiger partial charge in [-0.15, -0.1) is 0 Å². The molecule has 0 aromatic carbocycles. The van der Waals surface area contributed by atoms with Crippen LogP contribution in [0, 0.1) is 104 Å². The molecule has 280 valence electrons. The standard InChI is InChI=1S/C45H76O4/c1-23-20-24(2)35-30(8)31(9)37-41(15,16)25(3)21-26(4)42(37,17)44(35,19)39(47)48-36-33(11)45(49-38(36)46)22-27(5)40(13,14)34(12)43(45,18)32(10)29(7)28(23)6/h23-32,34-35,37H,20-22H2,1-19H3. The maximum Gasteiger partial charge on any atom is 0.375 e. The number of rotatable bonds is 0. The predicted molar refractivity (Wildman–Crippen MR) is 201 cm³/mol. The molecule has 2 heterocycles. The van der Waals surface area contributed by atoms with Crippen LogP contribution in [-0.4, -0.2) is 17.5 Å². The number of ether oxygens (including phenoxy) is 2. The van der Waals surface area contributed by atoms with Gasteiger partial charge in [-0.3, -0.25) is 4.79 Å². The van der Waals surface area contributed by atoms with Crippen LogP contribution in [0.5, 0.6) is 0 Å². The number of carbonyl (C=O) groups is 2. The third-order valence-electron chi connectivity index (χ3n) is 19.7. The van der Waals surface area contributed by atoms with E-state index >= 15 is 4.79 Å². The van der Waals surface area contributed by atoms with E-state index in [1.165, 1.54) is 0 Å². The first-order chi connectivity index (χ1) is 22.2. The van der Waals surface area contributed by atoms with E-state index in [4.69, 9.17) is 9.47 Å². The second kappa shape index (κ2) is 11.8. The topological polar surface area (TPSA) is 52.6 Å². The van der Waals surface area contributed by atoms with Crippen molar-refractivity contribution in [2.45, 2.75) is 156 Å². The first-order valence-electron chi connectivity index (χ1n) is 20.4. The van der Waals surface area contributed by atoms with Crippen LogP contribution in [0.15, 0.2) is 11.3 Å². The first-order valence-corrected chi connectivity index (χ1v) is 20.4. The molecule has 2 aliphatic heterocycles. The van der Waals surface area contributed by atoms with Gasteiger partial charge in [0.05, 0.1) is 5.41 Å². The minimum absolute atomic E-state index is 0.0508. The van der Waals surface area contributed by atoms with E-state index in [0.717, 1.165) is 24.8 Å². The molecule has 0 amide bonds. The molecule has 4 nitrogen and oxygen atoms in total. The van der Waals surface area contributed by atoms with Crippen molar-refractivity contribution in [3.8, 4) is 0 Å². The Bertz CT molecular complexity index is 1370. The molecule has 3 fully saturated rings. The van der Waals surface area contributed by atoms with Crippen LogP contribution in [0.3, 0.4) is 0 Å². The van der Waals surface area contributed by atoms with Crippen molar-refractivity contribution in [3.63, 3.8) is 0 Å². The summed E-state index contributed by atoms with van der Waals surface area (Å²) in [7, 11) is 0. The summed E-state index contributed by atoms with van der Waals surface area (Å²) in [6.07, 6.45) is 2.91. The highest BCUT2D eigenvalue weighted by Crippen LogP contribution is 2.74. The smallest absolute Gasteiger partial charge is 0.375 e. The zero-order valence-electron chi connectivity index (χ0n) is 35.3. The molecule has 17 unspecified atom stereocenters. The number of hydrogen-bond acceptors (Lipinski definition) is 4. The predicted octanol–water partition coefficient (Wildman–Crippen LogP) is 11.6. The molecule has 2 bridgehead atoms. The van der Waals surface area contributed by atoms with Crippen molar-refractivity contribution in [2.24, 2.45) is 104 Å². The van der Waals surface area contributed by atoms with Crippen molar-refractivity contribution >= 4 is 11.9 Å². The quantitative estimate of drug-likeness (QED) is 0.239. The van der Waals surface area contributed by atoms with Gasteiger partial charge in [0.1, 0.15) is 5.60 Å². The number of fused-ring (bicyclic) bond motifs is 3. The molecule has 3 aliphatic carbocycles. The summed E-state index contributed by atoms with van der Waals surface area (Å²) in [6.45, 7) is 45.6. The van der Waals surface area contributed by atoms with Crippen molar-refractivity contribution in [2.75, 3.05) is 0 Å². The van der Waals surface area contributed by atoms with E-state index in [1.807, 2.05) is 0 Å². The molecular formula is C45H76O4. The van der Waals surface area contributed by atoms with Gasteiger partial charge in [0.25, 0.3) is 0 Å². The fraction of sp³-hybridized carbons (Fsp3) is 0.911. The molecule has 0 aromatic heterocycles. The van der Waals surface area contributed by atoms with Gasteiger partial charge in [0.2, 0.25) is 5.76 Å². The summed E-state index contributed by atoms with van der Waals surface area (Å²) in [5.41, 5.74) is -1.30. The summed E-state index contributed by atoms with van der Waals surface area (Å²) in [4.78, 5) is 30.0. The second-order valence-electron chi connectivity index (χ2n) is 21.3. The number of hydrogen-bond donors (Lipinski definition) is 0. The molecule has 3 saturated carbocycles. The lowest BCUT2D eigenvalue weighted by atomic mass is 9.32. The molecule has 0 radical (unpaired) electrons. The lowest BCUT2D eigenvalue weighted by Crippen LogP contribution is -2.69. The lowest BCUT2D eigenvalue weighted by molar-refractivity contribution is -0.249. The van der Waals surface area contributed by atoms with Crippen LogP contribution >= 0.6 is 0 Å². The van der Waals surface area contributed by atoms with Crippen LogP contribution in [-0.2, 0) is 19.1 Å². The Hall–Kier alpha value is -1.32. The van der Waals surface area contributed by atoms with Crippen molar-refractivity contribution in [3.05, 3.63) is 11.3 Å². The molecule has 5 aliphatic rings. The zero-order valence-corrected chi connectivity index (χ0v) is 35.3. The minimum Gasteiger partial charge on any atom is -0.448 e. The van der Waals surface area contributed by atoms with Gasteiger partial charge in [-0.25, -0.2) is 4.79 Å². The normalized spacial score (nSPS) is 54.6. The van der Waals surface area contributed by atoms with Crippen molar-refractivity contribution in [1.82, 2.24) is 0 Å². The maximum atomic E-state index is 15.6. The number of esters is 2. The lowest BCUT2D eigenvalue weighted by Gasteiger charge is -2.71. The Morgan fingerprint density at radius 3 is 1.76 bits per heavy atom. The summed E-state index contributed by atoms with van der Waals surface area (Å²) < 4.78 is 13.6. The van der Waals surface area contributed by atoms with E-state index in [1.54, 1.807) is 0 Å². The largest absolute Gasteiger partial charge is 0.448 e.